The van der Waals surface area contributed by atoms with Crippen LogP contribution < -0.4 is 5.32 Å². The second-order valence-electron chi connectivity index (χ2n) is 4.09. The van der Waals surface area contributed by atoms with Gasteiger partial charge in [-0.1, -0.05) is 17.7 Å². The van der Waals surface area contributed by atoms with E-state index in [1.165, 1.54) is 10.5 Å². The van der Waals surface area contributed by atoms with Crippen molar-refractivity contribution in [3.63, 3.8) is 0 Å². The lowest BCUT2D eigenvalue weighted by atomic mass is 10.2. The topological polar surface area (TPSA) is 49.3 Å². The van der Waals surface area contributed by atoms with Crippen LogP contribution in [0.15, 0.2) is 29.2 Å². The summed E-state index contributed by atoms with van der Waals surface area (Å²) < 4.78 is 0. The zero-order valence-corrected chi connectivity index (χ0v) is 9.96. The highest BCUT2D eigenvalue weighted by Crippen LogP contribution is 2.28. The van der Waals surface area contributed by atoms with Crippen LogP contribution in [0.5, 0.6) is 0 Å². The Morgan fingerprint density at radius 1 is 1.44 bits per heavy atom. The number of rotatable bonds is 3. The zero-order valence-electron chi connectivity index (χ0n) is 9.14. The van der Waals surface area contributed by atoms with E-state index in [4.69, 9.17) is 5.11 Å². The molecule has 1 heterocycles. The molecule has 0 spiro atoms. The first-order valence-corrected chi connectivity index (χ1v) is 6.22. The average molecular weight is 237 g/mol. The van der Waals surface area contributed by atoms with E-state index in [2.05, 4.69) is 36.5 Å². The van der Waals surface area contributed by atoms with E-state index < -0.39 is 5.97 Å². The van der Waals surface area contributed by atoms with Crippen molar-refractivity contribution in [2.24, 2.45) is 0 Å². The molecule has 0 saturated carbocycles. The Morgan fingerprint density at radius 2 is 2.12 bits per heavy atom. The minimum atomic E-state index is -0.744. The van der Waals surface area contributed by atoms with Crippen molar-refractivity contribution in [2.45, 2.75) is 29.5 Å². The summed E-state index contributed by atoms with van der Waals surface area (Å²) >= 11 is 1.76. The third kappa shape index (κ3) is 2.77. The molecule has 1 aliphatic rings. The number of carbonyl (C=O) groups is 1. The van der Waals surface area contributed by atoms with Gasteiger partial charge in [-0.25, -0.2) is 0 Å². The van der Waals surface area contributed by atoms with E-state index in [1.807, 2.05) is 0 Å². The number of hydrogen-bond donors (Lipinski definition) is 2. The summed E-state index contributed by atoms with van der Waals surface area (Å²) in [7, 11) is 0. The van der Waals surface area contributed by atoms with E-state index in [0.717, 1.165) is 6.54 Å². The van der Waals surface area contributed by atoms with Gasteiger partial charge < -0.3 is 10.4 Å². The number of benzene rings is 1. The van der Waals surface area contributed by atoms with Crippen LogP contribution in [0.3, 0.4) is 0 Å². The van der Waals surface area contributed by atoms with Crippen LogP contribution in [-0.2, 0) is 4.79 Å². The Labute approximate surface area is 99.2 Å². The Hall–Kier alpha value is -1.00. The van der Waals surface area contributed by atoms with E-state index in [-0.39, 0.29) is 6.04 Å². The summed E-state index contributed by atoms with van der Waals surface area (Å²) in [6, 6.07) is 7.98. The van der Waals surface area contributed by atoms with Crippen molar-refractivity contribution in [1.29, 1.82) is 0 Å². The van der Waals surface area contributed by atoms with Gasteiger partial charge in [-0.05, 0) is 25.5 Å². The quantitative estimate of drug-likeness (QED) is 0.843. The summed E-state index contributed by atoms with van der Waals surface area (Å²) in [6.45, 7) is 2.83. The van der Waals surface area contributed by atoms with Crippen LogP contribution in [0.4, 0.5) is 0 Å². The van der Waals surface area contributed by atoms with Gasteiger partial charge in [-0.15, -0.1) is 11.8 Å². The van der Waals surface area contributed by atoms with Crippen molar-refractivity contribution >= 4 is 17.7 Å². The predicted octanol–water partition coefficient (Wildman–Crippen LogP) is 1.90. The van der Waals surface area contributed by atoms with E-state index in [1.54, 1.807) is 11.8 Å². The largest absolute Gasteiger partial charge is 0.480 e. The van der Waals surface area contributed by atoms with Crippen LogP contribution in [-0.4, -0.2) is 28.9 Å². The molecule has 1 saturated heterocycles. The normalized spacial score (nSPS) is 24.6. The summed E-state index contributed by atoms with van der Waals surface area (Å²) in [5.41, 5.74) is 1.25. The lowest BCUT2D eigenvalue weighted by Crippen LogP contribution is -2.29. The molecule has 0 radical (unpaired) electrons. The van der Waals surface area contributed by atoms with E-state index >= 15 is 0 Å². The fourth-order valence-electron chi connectivity index (χ4n) is 1.79. The van der Waals surface area contributed by atoms with Crippen LogP contribution in [0.25, 0.3) is 0 Å². The molecule has 86 valence electrons. The molecule has 16 heavy (non-hydrogen) atoms. The van der Waals surface area contributed by atoms with E-state index in [0.29, 0.717) is 11.7 Å². The van der Waals surface area contributed by atoms with Gasteiger partial charge in [0.05, 0.1) is 0 Å². The number of aryl methyl sites for hydroxylation is 1. The molecule has 2 rings (SSSR count). The molecule has 0 bridgehead atoms. The lowest BCUT2D eigenvalue weighted by Gasteiger charge is -2.08. The Kier molecular flexibility index (Phi) is 3.51. The Morgan fingerprint density at radius 3 is 2.69 bits per heavy atom. The second kappa shape index (κ2) is 4.89. The zero-order chi connectivity index (χ0) is 11.5. The third-order valence-corrected chi connectivity index (χ3v) is 3.95. The summed E-state index contributed by atoms with van der Waals surface area (Å²) in [5.74, 6) is -0.744. The highest BCUT2D eigenvalue weighted by atomic mass is 32.2. The predicted molar refractivity (Wildman–Crippen MR) is 64.9 cm³/mol. The van der Waals surface area contributed by atoms with Gasteiger partial charge in [0.2, 0.25) is 0 Å². The molecule has 1 fully saturated rings. The first-order valence-electron chi connectivity index (χ1n) is 5.34. The standard InChI is InChI=1S/C12H15NO2S/c1-8-2-4-9(5-3-8)16-10-6-11(12(14)15)13-7-10/h2-5,10-11,13H,6-7H2,1H3,(H,14,15)/t10-,11+/m0/s1. The maximum atomic E-state index is 10.8. The smallest absolute Gasteiger partial charge is 0.320 e. The molecule has 0 amide bonds. The molecule has 1 aliphatic heterocycles. The summed E-state index contributed by atoms with van der Waals surface area (Å²) in [5, 5.41) is 12.2. The summed E-state index contributed by atoms with van der Waals surface area (Å²) in [4.78, 5) is 12.0. The van der Waals surface area contributed by atoms with Crippen molar-refractivity contribution in [3.05, 3.63) is 29.8 Å². The summed E-state index contributed by atoms with van der Waals surface area (Å²) in [6.07, 6.45) is 0.702. The van der Waals surface area contributed by atoms with Crippen molar-refractivity contribution in [2.75, 3.05) is 6.54 Å². The molecule has 0 aliphatic carbocycles. The minimum absolute atomic E-state index is 0.365. The number of carboxylic acid groups (broad SMARTS) is 1. The van der Waals surface area contributed by atoms with Gasteiger partial charge in [0.25, 0.3) is 0 Å². The monoisotopic (exact) mass is 237 g/mol. The molecule has 1 aromatic rings. The molecular weight excluding hydrogens is 222 g/mol. The fraction of sp³-hybridized carbons (Fsp3) is 0.417. The lowest BCUT2D eigenvalue weighted by molar-refractivity contribution is -0.139. The van der Waals surface area contributed by atoms with Crippen LogP contribution in [0, 0.1) is 6.92 Å². The van der Waals surface area contributed by atoms with Crippen molar-refractivity contribution in [1.82, 2.24) is 5.32 Å². The fourth-order valence-corrected chi connectivity index (χ4v) is 2.94. The average Bonchev–Trinajstić information content (AvgIpc) is 2.70. The van der Waals surface area contributed by atoms with Gasteiger partial charge in [0.1, 0.15) is 6.04 Å². The number of carboxylic acids is 1. The minimum Gasteiger partial charge on any atom is -0.480 e. The number of hydrogen-bond acceptors (Lipinski definition) is 3. The molecular formula is C12H15NO2S. The third-order valence-electron chi connectivity index (χ3n) is 2.71. The molecule has 2 atom stereocenters. The molecule has 2 N–H and O–H groups in total. The Bertz CT molecular complexity index is 377. The number of nitrogens with one attached hydrogen (secondary N) is 1. The molecule has 4 heteroatoms. The van der Waals surface area contributed by atoms with Crippen molar-refractivity contribution < 1.29 is 9.90 Å². The highest BCUT2D eigenvalue weighted by molar-refractivity contribution is 8.00. The van der Waals surface area contributed by atoms with E-state index in [9.17, 15) is 4.79 Å². The van der Waals surface area contributed by atoms with Gasteiger partial charge in [0.15, 0.2) is 0 Å². The highest BCUT2D eigenvalue weighted by Gasteiger charge is 2.29. The molecule has 0 aromatic heterocycles. The second-order valence-corrected chi connectivity index (χ2v) is 5.46. The van der Waals surface area contributed by atoms with Gasteiger partial charge in [-0.2, -0.15) is 0 Å². The van der Waals surface area contributed by atoms with Crippen molar-refractivity contribution in [3.8, 4) is 0 Å². The molecule has 0 unspecified atom stereocenters. The van der Waals surface area contributed by atoms with Gasteiger partial charge in [0, 0.05) is 16.7 Å². The Balaban J connectivity index is 1.92. The maximum absolute atomic E-state index is 10.8. The molecule has 1 aromatic carbocycles. The number of aliphatic carboxylic acids is 1. The maximum Gasteiger partial charge on any atom is 0.320 e. The van der Waals surface area contributed by atoms with Crippen LogP contribution in [0.1, 0.15) is 12.0 Å². The first-order chi connectivity index (χ1) is 7.65. The van der Waals surface area contributed by atoms with Crippen LogP contribution >= 0.6 is 11.8 Å². The molecule has 3 nitrogen and oxygen atoms in total. The van der Waals surface area contributed by atoms with Crippen LogP contribution in [0.2, 0.25) is 0 Å². The SMILES string of the molecule is Cc1ccc(S[C@@H]2CN[C@@H](C(=O)O)C2)cc1. The van der Waals surface area contributed by atoms with Gasteiger partial charge >= 0.3 is 5.97 Å². The number of thioether (sulfide) groups is 1. The van der Waals surface area contributed by atoms with Gasteiger partial charge in [-0.3, -0.25) is 4.79 Å². The first kappa shape index (κ1) is 11.5.